The fourth-order valence-electron chi connectivity index (χ4n) is 11.4. The predicted molar refractivity (Wildman–Crippen MR) is 280 cm³/mol. The number of fused-ring (bicyclic) bond motifs is 7. The smallest absolute Gasteiger partial charge is 0.412 e. The zero-order chi connectivity index (χ0) is 53.3. The SMILES string of the molecule is C=C(C(=O)N1CCN(c2nc(OCC34CCCN3CCC4)nc3c(F)c(/C=c4\c(C#N)c(N)s\c4=C/F)c(Cl)cc23)CC1)C(C)OC(=O)Nc1cc2cc3c(nc2cc1F)-c1cc2c(c(=O)n1C3)COC(=O)CC2CC. The van der Waals surface area contributed by atoms with Crippen molar-refractivity contribution in [3.63, 3.8) is 0 Å². The summed E-state index contributed by atoms with van der Waals surface area (Å²) < 4.78 is 65.5. The minimum Gasteiger partial charge on any atom is -0.461 e. The Bertz CT molecular complexity index is 3710. The van der Waals surface area contributed by atoms with Crippen molar-refractivity contribution in [2.24, 2.45) is 0 Å². The Labute approximate surface area is 441 Å². The van der Waals surface area contributed by atoms with E-state index in [2.05, 4.69) is 21.8 Å². The van der Waals surface area contributed by atoms with Gasteiger partial charge in [0.05, 0.1) is 67.4 Å². The number of nitrogens with one attached hydrogen (secondary N) is 1. The average molecular weight is 1080 g/mol. The summed E-state index contributed by atoms with van der Waals surface area (Å²) in [5.74, 6) is -2.37. The van der Waals surface area contributed by atoms with Crippen molar-refractivity contribution in [3.05, 3.63) is 107 Å². The first-order valence-electron chi connectivity index (χ1n) is 25.0. The number of hydrogen-bond acceptors (Lipinski definition) is 15. The van der Waals surface area contributed by atoms with E-state index >= 15 is 8.78 Å². The minimum atomic E-state index is -1.13. The van der Waals surface area contributed by atoms with Crippen LogP contribution in [0.25, 0.3) is 45.6 Å². The molecular weight excluding hydrogens is 1030 g/mol. The molecule has 3 saturated heterocycles. The third kappa shape index (κ3) is 8.84. The topological polar surface area (TPSA) is 211 Å². The van der Waals surface area contributed by atoms with E-state index in [1.165, 1.54) is 31.2 Å². The highest BCUT2D eigenvalue weighted by Crippen LogP contribution is 2.41. The molecule has 22 heteroatoms. The number of anilines is 3. The van der Waals surface area contributed by atoms with Crippen molar-refractivity contribution in [1.29, 1.82) is 5.26 Å². The Morgan fingerprint density at radius 1 is 1.09 bits per heavy atom. The highest BCUT2D eigenvalue weighted by molar-refractivity contribution is 7.14. The molecule has 4 aromatic heterocycles. The molecule has 2 amide bonds. The first-order valence-corrected chi connectivity index (χ1v) is 26.2. The van der Waals surface area contributed by atoms with Crippen molar-refractivity contribution >= 4 is 91.6 Å². The van der Waals surface area contributed by atoms with E-state index in [9.17, 15) is 28.8 Å². The lowest BCUT2D eigenvalue weighted by atomic mass is 9.90. The Hall–Kier alpha value is -7.54. The molecule has 5 aliphatic rings. The molecule has 2 atom stereocenters. The van der Waals surface area contributed by atoms with Gasteiger partial charge in [-0.2, -0.15) is 15.2 Å². The number of nitriles is 1. The number of piperazine rings is 1. The molecule has 0 spiro atoms. The second-order valence-corrected chi connectivity index (χ2v) is 21.3. The summed E-state index contributed by atoms with van der Waals surface area (Å²) in [5.41, 5.74) is 8.32. The molecule has 11 rings (SSSR count). The molecule has 6 aromatic rings. The fraction of sp³-hybridized carbons (Fsp3) is 0.370. The zero-order valence-electron chi connectivity index (χ0n) is 41.4. The highest BCUT2D eigenvalue weighted by Gasteiger charge is 2.45. The van der Waals surface area contributed by atoms with Gasteiger partial charge in [-0.3, -0.25) is 24.6 Å². The number of amides is 2. The molecule has 2 unspecified atom stereocenters. The standard InChI is InChI=1S/C54H50ClF3N10O7S/c1-4-29-17-44(69)73-25-37-32(29)20-42-46-31(24-68(42)51(37)71)15-30-16-41(39(57)21-40(30)61-46)62-53(72)75-28(3)27(2)50(70)66-13-11-65(12-14-66)49-35-19-38(55)34(18-33-36(23-59)48(60)76-43(33)22-56)45(58)47(35)63-52(64-49)74-26-54-7-5-9-67(54)10-6-8-54/h15-16,18-22,28-29H,2,4-14,17,24-26,60H2,1,3H3,(H,62,72)/b33-18+,43-22-. The van der Waals surface area contributed by atoms with Gasteiger partial charge < -0.3 is 34.3 Å². The molecule has 392 valence electrons. The molecule has 76 heavy (non-hydrogen) atoms. The number of nitrogens with zero attached hydrogens (tertiary/aromatic N) is 8. The van der Waals surface area contributed by atoms with Crippen molar-refractivity contribution < 1.29 is 41.8 Å². The van der Waals surface area contributed by atoms with Gasteiger partial charge in [-0.25, -0.2) is 22.9 Å². The van der Waals surface area contributed by atoms with Crippen LogP contribution < -0.4 is 36.0 Å². The first-order chi connectivity index (χ1) is 36.6. The number of pyridine rings is 2. The van der Waals surface area contributed by atoms with E-state index in [-0.39, 0.29) is 133 Å². The molecule has 3 fully saturated rings. The van der Waals surface area contributed by atoms with Gasteiger partial charge in [-0.05, 0) is 93.9 Å². The van der Waals surface area contributed by atoms with Crippen LogP contribution in [-0.2, 0) is 32.2 Å². The number of cyclic esters (lactones) is 1. The van der Waals surface area contributed by atoms with E-state index < -0.39 is 29.7 Å². The number of nitrogens with two attached hydrogens (primary N) is 1. The van der Waals surface area contributed by atoms with Crippen molar-refractivity contribution in [1.82, 2.24) is 29.3 Å². The van der Waals surface area contributed by atoms with Crippen LogP contribution in [0.5, 0.6) is 6.01 Å². The Morgan fingerprint density at radius 2 is 1.86 bits per heavy atom. The summed E-state index contributed by atoms with van der Waals surface area (Å²) in [4.78, 5) is 73.1. The van der Waals surface area contributed by atoms with Crippen LogP contribution in [0.4, 0.5) is 34.5 Å². The van der Waals surface area contributed by atoms with E-state index in [4.69, 9.17) is 41.5 Å². The number of carbonyl (C=O) groups excluding carboxylic acids is 3. The number of ether oxygens (including phenoxy) is 3. The van der Waals surface area contributed by atoms with E-state index in [1.54, 1.807) is 15.5 Å². The van der Waals surface area contributed by atoms with E-state index in [0.717, 1.165) is 55.7 Å². The summed E-state index contributed by atoms with van der Waals surface area (Å²) >= 11 is 7.63. The normalized spacial score (nSPS) is 18.7. The van der Waals surface area contributed by atoms with Gasteiger partial charge in [0.15, 0.2) is 5.82 Å². The van der Waals surface area contributed by atoms with E-state index in [1.807, 2.05) is 24.0 Å². The largest absolute Gasteiger partial charge is 0.461 e. The van der Waals surface area contributed by atoms with Crippen molar-refractivity contribution in [3.8, 4) is 23.5 Å². The Balaban J connectivity index is 0.783. The summed E-state index contributed by atoms with van der Waals surface area (Å²) in [7, 11) is 0. The molecule has 0 aliphatic carbocycles. The number of hydrogen-bond donors (Lipinski definition) is 2. The number of benzene rings is 2. The Kier molecular flexibility index (Phi) is 13.2. The number of rotatable bonds is 10. The molecule has 2 aromatic carbocycles. The van der Waals surface area contributed by atoms with Gasteiger partial charge in [-0.15, -0.1) is 11.3 Å². The lowest BCUT2D eigenvalue weighted by Gasteiger charge is -2.36. The van der Waals surface area contributed by atoms with Crippen LogP contribution in [-0.4, -0.2) is 105 Å². The lowest BCUT2D eigenvalue weighted by molar-refractivity contribution is -0.144. The van der Waals surface area contributed by atoms with Gasteiger partial charge >= 0.3 is 18.1 Å². The van der Waals surface area contributed by atoms with Crippen molar-refractivity contribution in [2.45, 2.75) is 83.1 Å². The minimum absolute atomic E-state index is 0.0162. The van der Waals surface area contributed by atoms with Crippen LogP contribution in [0.15, 0.2) is 47.3 Å². The molecule has 0 saturated carbocycles. The number of nitrogen functional groups attached to an aromatic ring is 1. The van der Waals surface area contributed by atoms with Crippen LogP contribution in [0.3, 0.4) is 0 Å². The quantitative estimate of drug-likeness (QED) is 0.103. The third-order valence-electron chi connectivity index (χ3n) is 15.5. The maximum Gasteiger partial charge on any atom is 0.412 e. The lowest BCUT2D eigenvalue weighted by Crippen LogP contribution is -2.50. The predicted octanol–water partition coefficient (Wildman–Crippen LogP) is 7.14. The van der Waals surface area contributed by atoms with Crippen molar-refractivity contribution in [2.75, 3.05) is 61.8 Å². The average Bonchev–Trinajstić information content (AvgIpc) is 4.21. The zero-order valence-corrected chi connectivity index (χ0v) is 43.0. The molecule has 17 nitrogen and oxygen atoms in total. The second-order valence-electron chi connectivity index (χ2n) is 19.8. The summed E-state index contributed by atoms with van der Waals surface area (Å²) in [5, 5.41) is 13.1. The molecular formula is C54H50ClF3N10O7S. The molecule has 5 aliphatic heterocycles. The maximum absolute atomic E-state index is 16.9. The highest BCUT2D eigenvalue weighted by atomic mass is 35.5. The van der Waals surface area contributed by atoms with Gasteiger partial charge in [0, 0.05) is 59.4 Å². The van der Waals surface area contributed by atoms with Gasteiger partial charge in [-0.1, -0.05) is 25.1 Å². The third-order valence-corrected chi connectivity index (χ3v) is 16.8. The van der Waals surface area contributed by atoms with Crippen LogP contribution in [0.1, 0.15) is 86.1 Å². The van der Waals surface area contributed by atoms with Crippen LogP contribution >= 0.6 is 22.9 Å². The van der Waals surface area contributed by atoms with Gasteiger partial charge in [0.1, 0.15) is 53.9 Å². The Morgan fingerprint density at radius 3 is 2.58 bits per heavy atom. The van der Waals surface area contributed by atoms with Crippen LogP contribution in [0.2, 0.25) is 5.02 Å². The molecule has 0 bridgehead atoms. The second kappa shape index (κ2) is 19.9. The number of halogens is 4. The van der Waals surface area contributed by atoms with E-state index in [0.29, 0.717) is 53.1 Å². The first kappa shape index (κ1) is 50.6. The summed E-state index contributed by atoms with van der Waals surface area (Å²) in [6.07, 6.45) is 4.15. The fourth-order valence-corrected chi connectivity index (χ4v) is 12.5. The monoisotopic (exact) mass is 1070 g/mol. The summed E-state index contributed by atoms with van der Waals surface area (Å²) in [6.45, 7) is 10.4. The number of aromatic nitrogens is 4. The molecule has 9 heterocycles. The number of esters is 1. The maximum atomic E-state index is 16.9. The summed E-state index contributed by atoms with van der Waals surface area (Å²) in [6, 6.07) is 9.68. The van der Waals surface area contributed by atoms with Crippen LogP contribution in [0, 0.1) is 23.0 Å². The molecule has 0 radical (unpaired) electrons. The van der Waals surface area contributed by atoms with Gasteiger partial charge in [0.2, 0.25) is 0 Å². The number of carbonyl (C=O) groups is 3. The number of thiophene rings is 1. The van der Waals surface area contributed by atoms with Gasteiger partial charge in [0.25, 0.3) is 11.5 Å². The molecule has 3 N–H and O–H groups in total.